The zero-order valence-corrected chi connectivity index (χ0v) is 11.3. The maximum Gasteiger partial charge on any atom is 0.0627 e. The molecule has 0 saturated carbocycles. The molecule has 1 atom stereocenters. The minimum atomic E-state index is 0.165. The van der Waals surface area contributed by atoms with Gasteiger partial charge in [0.25, 0.3) is 0 Å². The van der Waals surface area contributed by atoms with Crippen molar-refractivity contribution in [2.45, 2.75) is 12.3 Å². The second kappa shape index (κ2) is 6.19. The van der Waals surface area contributed by atoms with Crippen molar-refractivity contribution in [3.63, 3.8) is 0 Å². The van der Waals surface area contributed by atoms with Gasteiger partial charge in [0.2, 0.25) is 0 Å². The van der Waals surface area contributed by atoms with Gasteiger partial charge in [0.05, 0.1) is 10.0 Å². The van der Waals surface area contributed by atoms with Gasteiger partial charge in [-0.3, -0.25) is 4.98 Å². The lowest BCUT2D eigenvalue weighted by molar-refractivity contribution is 0.694. The fraction of sp³-hybridized carbons (Fsp3) is 0.214. The quantitative estimate of drug-likeness (QED) is 0.928. The first-order chi connectivity index (χ1) is 8.72. The molecule has 2 nitrogen and oxygen atoms in total. The molecule has 1 aromatic heterocycles. The Morgan fingerprint density at radius 3 is 2.50 bits per heavy atom. The van der Waals surface area contributed by atoms with E-state index in [1.54, 1.807) is 18.5 Å². The van der Waals surface area contributed by atoms with Crippen molar-refractivity contribution in [3.05, 3.63) is 63.9 Å². The number of benzene rings is 1. The van der Waals surface area contributed by atoms with Gasteiger partial charge in [0.1, 0.15) is 0 Å². The van der Waals surface area contributed by atoms with Crippen molar-refractivity contribution in [2.24, 2.45) is 5.73 Å². The van der Waals surface area contributed by atoms with Crippen LogP contribution in [0.1, 0.15) is 17.0 Å². The number of nitrogens with two attached hydrogens (primary N) is 1. The summed E-state index contributed by atoms with van der Waals surface area (Å²) in [6.45, 7) is 0.530. The van der Waals surface area contributed by atoms with Gasteiger partial charge in [-0.2, -0.15) is 0 Å². The molecule has 0 aliphatic carbocycles. The standard InChI is InChI=1S/C14H14Cl2N2/c15-13-3-1-2-12(14(13)16)11(9-17)8-10-4-6-18-7-5-10/h1-7,11H,8-9,17H2. The number of hydrogen-bond donors (Lipinski definition) is 1. The highest BCUT2D eigenvalue weighted by molar-refractivity contribution is 6.42. The molecule has 18 heavy (non-hydrogen) atoms. The molecule has 0 bridgehead atoms. The second-order valence-electron chi connectivity index (χ2n) is 4.14. The van der Waals surface area contributed by atoms with Crippen molar-refractivity contribution in [3.8, 4) is 0 Å². The molecular formula is C14H14Cl2N2. The van der Waals surface area contributed by atoms with E-state index in [9.17, 15) is 0 Å². The maximum absolute atomic E-state index is 6.23. The van der Waals surface area contributed by atoms with Crippen molar-refractivity contribution in [1.29, 1.82) is 0 Å². The summed E-state index contributed by atoms with van der Waals surface area (Å²) in [6.07, 6.45) is 4.39. The van der Waals surface area contributed by atoms with Crippen LogP contribution in [0, 0.1) is 0 Å². The Labute approximate surface area is 117 Å². The summed E-state index contributed by atoms with van der Waals surface area (Å²) < 4.78 is 0. The molecule has 0 aliphatic heterocycles. The third-order valence-corrected chi connectivity index (χ3v) is 3.77. The molecule has 0 aliphatic rings. The number of hydrogen-bond acceptors (Lipinski definition) is 2. The Hall–Kier alpha value is -1.09. The molecule has 0 radical (unpaired) electrons. The SMILES string of the molecule is NCC(Cc1ccncc1)c1cccc(Cl)c1Cl. The normalized spacial score (nSPS) is 12.4. The van der Waals surface area contributed by atoms with Gasteiger partial charge >= 0.3 is 0 Å². The van der Waals surface area contributed by atoms with Gasteiger partial charge in [-0.15, -0.1) is 0 Å². The lowest BCUT2D eigenvalue weighted by Gasteiger charge is -2.17. The number of pyridine rings is 1. The molecule has 1 heterocycles. The molecule has 4 heteroatoms. The molecule has 2 rings (SSSR count). The predicted molar refractivity (Wildman–Crippen MR) is 76.2 cm³/mol. The van der Waals surface area contributed by atoms with Gasteiger partial charge < -0.3 is 5.73 Å². The van der Waals surface area contributed by atoms with Gasteiger partial charge in [-0.25, -0.2) is 0 Å². The molecule has 2 aromatic rings. The molecule has 0 amide bonds. The van der Waals surface area contributed by atoms with Crippen LogP contribution >= 0.6 is 23.2 Å². The predicted octanol–water partition coefficient (Wildman–Crippen LogP) is 3.67. The summed E-state index contributed by atoms with van der Waals surface area (Å²) in [5, 5.41) is 1.17. The Bertz CT molecular complexity index is 514. The van der Waals surface area contributed by atoms with Crippen molar-refractivity contribution >= 4 is 23.2 Å². The summed E-state index contributed by atoms with van der Waals surface area (Å²) in [7, 11) is 0. The van der Waals surface area contributed by atoms with Gasteiger partial charge in [0.15, 0.2) is 0 Å². The first-order valence-corrected chi connectivity index (χ1v) is 6.51. The van der Waals surface area contributed by atoms with E-state index in [0.717, 1.165) is 12.0 Å². The van der Waals surface area contributed by atoms with Crippen LogP contribution in [0.5, 0.6) is 0 Å². The second-order valence-corrected chi connectivity index (χ2v) is 4.92. The van der Waals surface area contributed by atoms with Crippen LogP contribution in [0.25, 0.3) is 0 Å². The maximum atomic E-state index is 6.23. The van der Waals surface area contributed by atoms with Crippen molar-refractivity contribution < 1.29 is 0 Å². The summed E-state index contributed by atoms with van der Waals surface area (Å²) in [6, 6.07) is 9.64. The highest BCUT2D eigenvalue weighted by atomic mass is 35.5. The van der Waals surface area contributed by atoms with Crippen LogP contribution in [0.15, 0.2) is 42.7 Å². The van der Waals surface area contributed by atoms with E-state index in [2.05, 4.69) is 4.98 Å². The van der Waals surface area contributed by atoms with Crippen molar-refractivity contribution in [2.75, 3.05) is 6.54 Å². The average molecular weight is 281 g/mol. The fourth-order valence-electron chi connectivity index (χ4n) is 1.96. The first kappa shape index (κ1) is 13.3. The van der Waals surface area contributed by atoms with Gasteiger partial charge in [-0.1, -0.05) is 35.3 Å². The monoisotopic (exact) mass is 280 g/mol. The molecule has 2 N–H and O–H groups in total. The zero-order chi connectivity index (χ0) is 13.0. The minimum Gasteiger partial charge on any atom is -0.330 e. The Kier molecular flexibility index (Phi) is 4.59. The van der Waals surface area contributed by atoms with Crippen LogP contribution in [0.2, 0.25) is 10.0 Å². The fourth-order valence-corrected chi connectivity index (χ4v) is 2.42. The van der Waals surface area contributed by atoms with Gasteiger partial charge in [0, 0.05) is 18.3 Å². The lowest BCUT2D eigenvalue weighted by Crippen LogP contribution is -2.15. The molecule has 1 aromatic carbocycles. The van der Waals surface area contributed by atoms with Crippen LogP contribution in [-0.2, 0) is 6.42 Å². The number of rotatable bonds is 4. The summed E-state index contributed by atoms with van der Waals surface area (Å²) in [5.41, 5.74) is 8.05. The molecular weight excluding hydrogens is 267 g/mol. The van der Waals surface area contributed by atoms with Crippen LogP contribution in [-0.4, -0.2) is 11.5 Å². The molecule has 1 unspecified atom stereocenters. The van der Waals surface area contributed by atoms with Gasteiger partial charge in [-0.05, 0) is 42.3 Å². The Balaban J connectivity index is 2.26. The molecule has 94 valence electrons. The minimum absolute atomic E-state index is 0.165. The molecule has 0 saturated heterocycles. The van der Waals surface area contributed by atoms with E-state index in [4.69, 9.17) is 28.9 Å². The van der Waals surface area contributed by atoms with E-state index in [-0.39, 0.29) is 5.92 Å². The third kappa shape index (κ3) is 3.02. The molecule has 0 fully saturated rings. The van der Waals surface area contributed by atoms with E-state index < -0.39 is 0 Å². The van der Waals surface area contributed by atoms with Crippen LogP contribution in [0.4, 0.5) is 0 Å². The smallest absolute Gasteiger partial charge is 0.0627 e. The molecule has 0 spiro atoms. The average Bonchev–Trinajstić information content (AvgIpc) is 2.41. The number of halogens is 2. The van der Waals surface area contributed by atoms with E-state index >= 15 is 0 Å². The Morgan fingerprint density at radius 1 is 1.11 bits per heavy atom. The summed E-state index contributed by atoms with van der Waals surface area (Å²) in [4.78, 5) is 4.00. The number of aromatic nitrogens is 1. The van der Waals surface area contributed by atoms with E-state index in [1.165, 1.54) is 5.56 Å². The highest BCUT2D eigenvalue weighted by Gasteiger charge is 2.15. The third-order valence-electron chi connectivity index (χ3n) is 2.94. The topological polar surface area (TPSA) is 38.9 Å². The van der Waals surface area contributed by atoms with Crippen LogP contribution < -0.4 is 5.73 Å². The zero-order valence-electron chi connectivity index (χ0n) is 9.81. The van der Waals surface area contributed by atoms with Crippen molar-refractivity contribution in [1.82, 2.24) is 4.98 Å². The summed E-state index contributed by atoms with van der Waals surface area (Å²) in [5.74, 6) is 0.165. The Morgan fingerprint density at radius 2 is 1.83 bits per heavy atom. The van der Waals surface area contributed by atoms with Crippen LogP contribution in [0.3, 0.4) is 0 Å². The highest BCUT2D eigenvalue weighted by Crippen LogP contribution is 2.32. The van der Waals surface area contributed by atoms with E-state index in [0.29, 0.717) is 16.6 Å². The summed E-state index contributed by atoms with van der Waals surface area (Å²) >= 11 is 12.3. The number of nitrogens with zero attached hydrogens (tertiary/aromatic N) is 1. The lowest BCUT2D eigenvalue weighted by atomic mass is 9.92. The first-order valence-electron chi connectivity index (χ1n) is 5.75. The van der Waals surface area contributed by atoms with E-state index in [1.807, 2.05) is 24.3 Å². The largest absolute Gasteiger partial charge is 0.330 e.